The summed E-state index contributed by atoms with van der Waals surface area (Å²) >= 11 is 0. The molecule has 2 aliphatic carbocycles. The van der Waals surface area contributed by atoms with Crippen molar-refractivity contribution >= 4 is 7.92 Å². The van der Waals surface area contributed by atoms with Gasteiger partial charge >= 0.3 is 0 Å². The van der Waals surface area contributed by atoms with Crippen molar-refractivity contribution in [1.29, 1.82) is 0 Å². The van der Waals surface area contributed by atoms with E-state index < -0.39 is 0 Å². The van der Waals surface area contributed by atoms with Crippen LogP contribution in [0.2, 0.25) is 0 Å². The van der Waals surface area contributed by atoms with Gasteiger partial charge in [0.15, 0.2) is 0 Å². The van der Waals surface area contributed by atoms with E-state index in [9.17, 15) is 0 Å². The highest BCUT2D eigenvalue weighted by Gasteiger charge is 2.30. The van der Waals surface area contributed by atoms with Crippen molar-refractivity contribution in [1.82, 2.24) is 0 Å². The van der Waals surface area contributed by atoms with Crippen molar-refractivity contribution in [3.63, 3.8) is 0 Å². The highest BCUT2D eigenvalue weighted by Crippen LogP contribution is 2.56. The summed E-state index contributed by atoms with van der Waals surface area (Å²) in [4.78, 5) is 0. The Morgan fingerprint density at radius 1 is 0.591 bits per heavy atom. The highest BCUT2D eigenvalue weighted by atomic mass is 31.1. The summed E-state index contributed by atoms with van der Waals surface area (Å²) in [6.07, 6.45) is 27.7. The molecule has 0 unspecified atom stereocenters. The summed E-state index contributed by atoms with van der Waals surface area (Å²) in [5, 5.41) is 0. The number of rotatable bonds is 10. The summed E-state index contributed by atoms with van der Waals surface area (Å²) in [7, 11) is 0.375. The summed E-state index contributed by atoms with van der Waals surface area (Å²) in [5.41, 5.74) is 2.35. The molecule has 0 bridgehead atoms. The van der Waals surface area contributed by atoms with Gasteiger partial charge < -0.3 is 0 Å². The van der Waals surface area contributed by atoms with E-state index in [-0.39, 0.29) is 0 Å². The zero-order valence-corrected chi connectivity index (χ0v) is 16.2. The first-order chi connectivity index (χ1) is 10.9. The van der Waals surface area contributed by atoms with E-state index in [1.54, 1.807) is 63.9 Å². The molecule has 130 valence electrons. The summed E-state index contributed by atoms with van der Waals surface area (Å²) in [6, 6.07) is 0. The molecule has 0 nitrogen and oxygen atoms in total. The van der Waals surface area contributed by atoms with Crippen LogP contribution in [0.5, 0.6) is 0 Å². The van der Waals surface area contributed by atoms with E-state index in [0.717, 1.165) is 0 Å². The van der Waals surface area contributed by atoms with Crippen LogP contribution in [-0.4, -0.2) is 17.5 Å². The molecular formula is C21H41P. The van der Waals surface area contributed by atoms with E-state index >= 15 is 0 Å². The minimum Gasteiger partial charge on any atom is -0.100 e. The maximum atomic E-state index is 2.32. The van der Waals surface area contributed by atoms with E-state index in [0.29, 0.717) is 7.92 Å². The second-order valence-electron chi connectivity index (χ2n) is 7.94. The molecule has 0 aromatic rings. The lowest BCUT2D eigenvalue weighted by Crippen LogP contribution is -2.22. The molecule has 2 aliphatic rings. The van der Waals surface area contributed by atoms with Crippen LogP contribution in [0, 0.1) is 0 Å². The van der Waals surface area contributed by atoms with Crippen molar-refractivity contribution in [3.05, 3.63) is 0 Å². The molecular weight excluding hydrogens is 283 g/mol. The number of unbranched alkanes of at least 4 members (excludes halogenated alkanes) is 6. The first-order valence-corrected chi connectivity index (χ1v) is 12.3. The van der Waals surface area contributed by atoms with Gasteiger partial charge in [0.25, 0.3) is 0 Å². The molecule has 2 rings (SSSR count). The molecule has 22 heavy (non-hydrogen) atoms. The fraction of sp³-hybridized carbons (Fsp3) is 1.00. The lowest BCUT2D eigenvalue weighted by atomic mass is 9.99. The lowest BCUT2D eigenvalue weighted by molar-refractivity contribution is 0.483. The molecule has 0 saturated heterocycles. The zero-order chi connectivity index (χ0) is 15.5. The van der Waals surface area contributed by atoms with Crippen molar-refractivity contribution in [2.24, 2.45) is 0 Å². The SMILES string of the molecule is CCCCCCCCCP(C1CCCCC1)C1CCCCC1. The Hall–Kier alpha value is 0.430. The summed E-state index contributed by atoms with van der Waals surface area (Å²) < 4.78 is 0. The molecule has 0 heterocycles. The Kier molecular flexibility index (Phi) is 10.1. The molecule has 0 aromatic heterocycles. The van der Waals surface area contributed by atoms with Gasteiger partial charge in [-0.05, 0) is 49.6 Å². The number of hydrogen-bond donors (Lipinski definition) is 0. The maximum Gasteiger partial charge on any atom is -0.0207 e. The lowest BCUT2D eigenvalue weighted by Gasteiger charge is -2.38. The summed E-state index contributed by atoms with van der Waals surface area (Å²) in [6.45, 7) is 2.32. The third-order valence-corrected chi connectivity index (χ3v) is 9.85. The molecule has 0 amide bonds. The van der Waals surface area contributed by atoms with Gasteiger partial charge in [0.1, 0.15) is 0 Å². The van der Waals surface area contributed by atoms with Crippen LogP contribution in [0.1, 0.15) is 116 Å². The molecule has 2 fully saturated rings. The first kappa shape index (κ1) is 18.8. The van der Waals surface area contributed by atoms with Crippen LogP contribution in [-0.2, 0) is 0 Å². The fourth-order valence-corrected chi connectivity index (χ4v) is 8.71. The second-order valence-corrected chi connectivity index (χ2v) is 10.9. The van der Waals surface area contributed by atoms with Gasteiger partial charge in [0, 0.05) is 0 Å². The quantitative estimate of drug-likeness (QED) is 0.283. The Morgan fingerprint density at radius 2 is 1.05 bits per heavy atom. The Morgan fingerprint density at radius 3 is 1.55 bits per heavy atom. The number of hydrogen-bond acceptors (Lipinski definition) is 0. The molecule has 0 aliphatic heterocycles. The van der Waals surface area contributed by atoms with Crippen LogP contribution < -0.4 is 0 Å². The normalized spacial score (nSPS) is 21.5. The van der Waals surface area contributed by atoms with E-state index in [1.165, 1.54) is 62.7 Å². The molecule has 0 atom stereocenters. The van der Waals surface area contributed by atoms with Gasteiger partial charge in [-0.3, -0.25) is 0 Å². The Bertz CT molecular complexity index is 233. The van der Waals surface area contributed by atoms with E-state index in [2.05, 4.69) is 6.92 Å². The van der Waals surface area contributed by atoms with Gasteiger partial charge in [-0.2, -0.15) is 0 Å². The smallest absolute Gasteiger partial charge is 0.0207 e. The van der Waals surface area contributed by atoms with Crippen LogP contribution in [0.4, 0.5) is 0 Å². The molecule has 0 N–H and O–H groups in total. The first-order valence-electron chi connectivity index (χ1n) is 10.7. The Balaban J connectivity index is 1.69. The molecule has 0 radical (unpaired) electrons. The third-order valence-electron chi connectivity index (χ3n) is 6.11. The van der Waals surface area contributed by atoms with Crippen molar-refractivity contribution < 1.29 is 0 Å². The van der Waals surface area contributed by atoms with Gasteiger partial charge in [0.2, 0.25) is 0 Å². The predicted molar refractivity (Wildman–Crippen MR) is 104 cm³/mol. The average molecular weight is 325 g/mol. The fourth-order valence-electron chi connectivity index (χ4n) is 4.74. The molecule has 2 saturated carbocycles. The monoisotopic (exact) mass is 324 g/mol. The van der Waals surface area contributed by atoms with Crippen molar-refractivity contribution in [2.45, 2.75) is 127 Å². The van der Waals surface area contributed by atoms with Crippen LogP contribution in [0.25, 0.3) is 0 Å². The second kappa shape index (κ2) is 11.9. The van der Waals surface area contributed by atoms with Gasteiger partial charge in [-0.1, -0.05) is 84.0 Å². The topological polar surface area (TPSA) is 0 Å². The maximum absolute atomic E-state index is 2.32. The average Bonchev–Trinajstić information content (AvgIpc) is 2.59. The van der Waals surface area contributed by atoms with Gasteiger partial charge in [0.05, 0.1) is 0 Å². The molecule has 1 heteroatoms. The predicted octanol–water partition coefficient (Wildman–Crippen LogP) is 7.88. The van der Waals surface area contributed by atoms with E-state index in [4.69, 9.17) is 0 Å². The molecule has 0 aromatic carbocycles. The zero-order valence-electron chi connectivity index (χ0n) is 15.3. The van der Waals surface area contributed by atoms with Gasteiger partial charge in [-0.15, -0.1) is 7.92 Å². The van der Waals surface area contributed by atoms with Gasteiger partial charge in [-0.25, -0.2) is 0 Å². The van der Waals surface area contributed by atoms with Crippen molar-refractivity contribution in [2.75, 3.05) is 6.16 Å². The minimum absolute atomic E-state index is 0.375. The largest absolute Gasteiger partial charge is 0.100 e. The third kappa shape index (κ3) is 6.90. The van der Waals surface area contributed by atoms with Crippen LogP contribution >= 0.6 is 7.92 Å². The van der Waals surface area contributed by atoms with E-state index in [1.807, 2.05) is 0 Å². The highest BCUT2D eigenvalue weighted by molar-refractivity contribution is 7.59. The minimum atomic E-state index is 0.375. The van der Waals surface area contributed by atoms with Crippen LogP contribution in [0.3, 0.4) is 0 Å². The summed E-state index contributed by atoms with van der Waals surface area (Å²) in [5.74, 6) is 0. The van der Waals surface area contributed by atoms with Crippen LogP contribution in [0.15, 0.2) is 0 Å². The Labute approximate surface area is 142 Å². The molecule has 0 spiro atoms. The standard InChI is InChI=1S/C21H41P/c1-2-3-4-5-6-7-14-19-22(20-15-10-8-11-16-20)21-17-12-9-13-18-21/h20-21H,2-19H2,1H3. The van der Waals surface area contributed by atoms with Crippen molar-refractivity contribution in [3.8, 4) is 0 Å².